The van der Waals surface area contributed by atoms with Crippen molar-refractivity contribution >= 4 is 16.9 Å². The fourth-order valence-electron chi connectivity index (χ4n) is 3.26. The molecule has 0 unspecified atom stereocenters. The van der Waals surface area contributed by atoms with Gasteiger partial charge in [0.2, 0.25) is 0 Å². The maximum absolute atomic E-state index is 12.9. The van der Waals surface area contributed by atoms with Crippen molar-refractivity contribution in [1.82, 2.24) is 30.0 Å². The molecule has 146 valence electrons. The van der Waals surface area contributed by atoms with Crippen LogP contribution in [0.2, 0.25) is 0 Å². The average Bonchev–Trinajstić information content (AvgIpc) is 3.07. The van der Waals surface area contributed by atoms with Crippen molar-refractivity contribution in [1.29, 1.82) is 0 Å². The molecule has 4 rings (SSSR count). The van der Waals surface area contributed by atoms with Crippen LogP contribution in [-0.2, 0) is 19.5 Å². The minimum Gasteiger partial charge on any atom is -0.345 e. The fourth-order valence-corrected chi connectivity index (χ4v) is 3.26. The molecule has 1 atom stereocenters. The van der Waals surface area contributed by atoms with Crippen LogP contribution in [0.5, 0.6) is 0 Å². The first kappa shape index (κ1) is 18.1. The highest BCUT2D eigenvalue weighted by Crippen LogP contribution is 2.34. The molecule has 4 heterocycles. The Kier molecular flexibility index (Phi) is 4.36. The maximum Gasteiger partial charge on any atom is 0.392 e. The number of nitrogens with one attached hydrogen (secondary N) is 2. The SMILES string of the molecule is O=C(NCc1nnc2n1CC[C@H](C(F)(F)F)C2)c1cc2cccnc2[nH]c1=O. The summed E-state index contributed by atoms with van der Waals surface area (Å²) in [6.45, 7) is 0.0764. The smallest absolute Gasteiger partial charge is 0.345 e. The molecule has 1 aliphatic heterocycles. The summed E-state index contributed by atoms with van der Waals surface area (Å²) < 4.78 is 40.2. The Morgan fingerprint density at radius 3 is 2.96 bits per heavy atom. The third-order valence-electron chi connectivity index (χ3n) is 4.76. The molecule has 0 saturated carbocycles. The van der Waals surface area contributed by atoms with E-state index in [1.807, 2.05) is 0 Å². The van der Waals surface area contributed by atoms with Gasteiger partial charge in [0.1, 0.15) is 17.0 Å². The number of aromatic nitrogens is 5. The van der Waals surface area contributed by atoms with Crippen molar-refractivity contribution < 1.29 is 18.0 Å². The molecule has 0 aliphatic carbocycles. The van der Waals surface area contributed by atoms with Crippen molar-refractivity contribution in [3.8, 4) is 0 Å². The zero-order valence-corrected chi connectivity index (χ0v) is 14.5. The molecule has 8 nitrogen and oxygen atoms in total. The van der Waals surface area contributed by atoms with E-state index in [2.05, 4.69) is 25.5 Å². The number of carbonyl (C=O) groups excluding carboxylic acids is 1. The Morgan fingerprint density at radius 1 is 1.36 bits per heavy atom. The van der Waals surface area contributed by atoms with Crippen LogP contribution in [0.4, 0.5) is 13.2 Å². The minimum absolute atomic E-state index is 0.0486. The first-order valence-electron chi connectivity index (χ1n) is 8.57. The van der Waals surface area contributed by atoms with Crippen LogP contribution in [-0.4, -0.2) is 36.8 Å². The number of pyridine rings is 2. The molecule has 0 aromatic carbocycles. The number of hydrogen-bond acceptors (Lipinski definition) is 5. The third kappa shape index (κ3) is 3.35. The number of H-pyrrole nitrogens is 1. The lowest BCUT2D eigenvalue weighted by molar-refractivity contribution is -0.179. The predicted molar refractivity (Wildman–Crippen MR) is 91.4 cm³/mol. The highest BCUT2D eigenvalue weighted by Gasteiger charge is 2.42. The summed E-state index contributed by atoms with van der Waals surface area (Å²) in [7, 11) is 0. The maximum atomic E-state index is 12.9. The molecule has 28 heavy (non-hydrogen) atoms. The first-order valence-corrected chi connectivity index (χ1v) is 8.57. The molecule has 0 bridgehead atoms. The number of fused-ring (bicyclic) bond motifs is 2. The summed E-state index contributed by atoms with van der Waals surface area (Å²) in [5, 5.41) is 10.9. The van der Waals surface area contributed by atoms with Gasteiger partial charge in [-0.15, -0.1) is 10.2 Å². The van der Waals surface area contributed by atoms with Gasteiger partial charge in [-0.1, -0.05) is 0 Å². The Hall–Kier alpha value is -3.24. The van der Waals surface area contributed by atoms with Crippen molar-refractivity contribution in [2.75, 3.05) is 0 Å². The Labute approximate surface area is 155 Å². The van der Waals surface area contributed by atoms with E-state index in [0.29, 0.717) is 16.9 Å². The van der Waals surface area contributed by atoms with Gasteiger partial charge < -0.3 is 14.9 Å². The van der Waals surface area contributed by atoms with E-state index >= 15 is 0 Å². The van der Waals surface area contributed by atoms with E-state index in [1.54, 1.807) is 16.7 Å². The van der Waals surface area contributed by atoms with Gasteiger partial charge in [-0.25, -0.2) is 4.98 Å². The summed E-state index contributed by atoms with van der Waals surface area (Å²) >= 11 is 0. The lowest BCUT2D eigenvalue weighted by Crippen LogP contribution is -2.33. The number of alkyl halides is 3. The monoisotopic (exact) mass is 392 g/mol. The van der Waals surface area contributed by atoms with E-state index in [-0.39, 0.29) is 37.3 Å². The van der Waals surface area contributed by atoms with Crippen LogP contribution in [0, 0.1) is 5.92 Å². The van der Waals surface area contributed by atoms with E-state index in [9.17, 15) is 22.8 Å². The lowest BCUT2D eigenvalue weighted by Gasteiger charge is -2.25. The van der Waals surface area contributed by atoms with E-state index < -0.39 is 23.6 Å². The predicted octanol–water partition coefficient (Wildman–Crippen LogP) is 1.57. The van der Waals surface area contributed by atoms with Gasteiger partial charge in [0.25, 0.3) is 11.5 Å². The number of amides is 1. The molecule has 2 N–H and O–H groups in total. The fraction of sp³-hybridized carbons (Fsp3) is 0.353. The zero-order chi connectivity index (χ0) is 19.9. The molecule has 3 aromatic heterocycles. The quantitative estimate of drug-likeness (QED) is 0.704. The molecule has 3 aromatic rings. The highest BCUT2D eigenvalue weighted by atomic mass is 19.4. The van der Waals surface area contributed by atoms with E-state index in [0.717, 1.165) is 0 Å². The second kappa shape index (κ2) is 6.73. The van der Waals surface area contributed by atoms with E-state index in [4.69, 9.17) is 0 Å². The van der Waals surface area contributed by atoms with Crippen LogP contribution >= 0.6 is 0 Å². The second-order valence-electron chi connectivity index (χ2n) is 6.55. The first-order chi connectivity index (χ1) is 13.3. The zero-order valence-electron chi connectivity index (χ0n) is 14.5. The van der Waals surface area contributed by atoms with Gasteiger partial charge in [0, 0.05) is 24.5 Å². The van der Waals surface area contributed by atoms with Crippen molar-refractivity contribution in [3.05, 3.63) is 52.0 Å². The number of aromatic amines is 1. The number of rotatable bonds is 3. The molecule has 0 radical (unpaired) electrons. The molecule has 11 heteroatoms. The van der Waals surface area contributed by atoms with Gasteiger partial charge in [0.15, 0.2) is 5.82 Å². The summed E-state index contributed by atoms with van der Waals surface area (Å²) in [5.41, 5.74) is -0.300. The normalized spacial score (nSPS) is 16.8. The Bertz CT molecular complexity index is 1100. The minimum atomic E-state index is -4.27. The summed E-state index contributed by atoms with van der Waals surface area (Å²) in [6.07, 6.45) is -3.04. The van der Waals surface area contributed by atoms with Crippen molar-refractivity contribution in [2.24, 2.45) is 5.92 Å². The average molecular weight is 392 g/mol. The molecule has 0 spiro atoms. The van der Waals surface area contributed by atoms with Gasteiger partial charge >= 0.3 is 6.18 Å². The largest absolute Gasteiger partial charge is 0.392 e. The number of hydrogen-bond donors (Lipinski definition) is 2. The summed E-state index contributed by atoms with van der Waals surface area (Å²) in [6, 6.07) is 4.82. The molecule has 0 fully saturated rings. The summed E-state index contributed by atoms with van der Waals surface area (Å²) in [4.78, 5) is 31.0. The molecule has 0 saturated heterocycles. The van der Waals surface area contributed by atoms with Crippen LogP contribution in [0.25, 0.3) is 11.0 Å². The topological polar surface area (TPSA) is 106 Å². The standard InChI is InChI=1S/C17H15F3N6O2/c18-17(19,20)10-3-5-26-12(7-10)24-25-13(26)8-22-15(27)11-6-9-2-1-4-21-14(9)23-16(11)28/h1-2,4,6,10H,3,5,7-8H2,(H,22,27)(H,21,23,28)/t10-/m0/s1. The number of nitrogens with zero attached hydrogens (tertiary/aromatic N) is 4. The number of halogens is 3. The Balaban J connectivity index is 1.49. The number of carbonyl (C=O) groups is 1. The second-order valence-corrected chi connectivity index (χ2v) is 6.55. The van der Waals surface area contributed by atoms with Crippen LogP contribution in [0.3, 0.4) is 0 Å². The third-order valence-corrected chi connectivity index (χ3v) is 4.76. The van der Waals surface area contributed by atoms with Crippen LogP contribution < -0.4 is 10.9 Å². The van der Waals surface area contributed by atoms with Crippen molar-refractivity contribution in [3.63, 3.8) is 0 Å². The lowest BCUT2D eigenvalue weighted by atomic mass is 9.97. The molecular weight excluding hydrogens is 377 g/mol. The Morgan fingerprint density at radius 2 is 2.18 bits per heavy atom. The molecular formula is C17H15F3N6O2. The van der Waals surface area contributed by atoms with Gasteiger partial charge in [0.05, 0.1) is 12.5 Å². The van der Waals surface area contributed by atoms with Gasteiger partial charge in [-0.2, -0.15) is 13.2 Å². The van der Waals surface area contributed by atoms with Gasteiger partial charge in [-0.3, -0.25) is 9.59 Å². The van der Waals surface area contributed by atoms with E-state index in [1.165, 1.54) is 12.3 Å². The summed E-state index contributed by atoms with van der Waals surface area (Å²) in [5.74, 6) is -1.46. The van der Waals surface area contributed by atoms with Crippen LogP contribution in [0.15, 0.2) is 29.2 Å². The highest BCUT2D eigenvalue weighted by molar-refractivity contribution is 5.96. The molecule has 1 amide bonds. The van der Waals surface area contributed by atoms with Crippen molar-refractivity contribution in [2.45, 2.75) is 32.1 Å². The van der Waals surface area contributed by atoms with Crippen LogP contribution in [0.1, 0.15) is 28.4 Å². The molecule has 1 aliphatic rings. The van der Waals surface area contributed by atoms with Gasteiger partial charge in [-0.05, 0) is 24.6 Å².